The Morgan fingerprint density at radius 2 is 1.08 bits per heavy atom. The topological polar surface area (TPSA) is 0 Å². The molecule has 0 heteroatoms. The van der Waals surface area contributed by atoms with Gasteiger partial charge in [0.15, 0.2) is 0 Å². The molecule has 6 aromatic rings. The predicted molar refractivity (Wildman–Crippen MR) is 167 cm³/mol. The number of hydrogen-bond acceptors (Lipinski definition) is 0. The molecule has 0 amide bonds. The van der Waals surface area contributed by atoms with Crippen LogP contribution in [0.3, 0.4) is 0 Å². The van der Waals surface area contributed by atoms with Crippen molar-refractivity contribution in [3.05, 3.63) is 121 Å². The smallest absolute Gasteiger partial charge is 0.00201 e. The van der Waals surface area contributed by atoms with Crippen LogP contribution in [0.1, 0.15) is 44.6 Å². The van der Waals surface area contributed by atoms with Gasteiger partial charge in [-0.3, -0.25) is 0 Å². The summed E-state index contributed by atoms with van der Waals surface area (Å²) in [5, 5.41) is 7.88. The summed E-state index contributed by atoms with van der Waals surface area (Å²) in [6.45, 7) is 4.98. The van der Waals surface area contributed by atoms with Gasteiger partial charge in [-0.15, -0.1) is 0 Å². The third kappa shape index (κ3) is 3.51. The van der Waals surface area contributed by atoms with Gasteiger partial charge in [-0.25, -0.2) is 0 Å². The number of rotatable bonds is 3. The lowest BCUT2D eigenvalue weighted by Crippen LogP contribution is -2.46. The number of fused-ring (bicyclic) bond motifs is 5. The molecule has 0 nitrogen and oxygen atoms in total. The minimum atomic E-state index is 0.474. The van der Waals surface area contributed by atoms with Gasteiger partial charge in [0, 0.05) is 0 Å². The van der Waals surface area contributed by atoms with Gasteiger partial charge in [0.2, 0.25) is 0 Å². The van der Waals surface area contributed by atoms with Crippen molar-refractivity contribution in [3.8, 4) is 22.3 Å². The van der Waals surface area contributed by atoms with Crippen LogP contribution in [0.2, 0.25) is 0 Å². The van der Waals surface area contributed by atoms with Crippen molar-refractivity contribution in [3.63, 3.8) is 0 Å². The van der Waals surface area contributed by atoms with Crippen molar-refractivity contribution in [1.82, 2.24) is 0 Å². The van der Waals surface area contributed by atoms with Gasteiger partial charge in [-0.05, 0) is 103 Å². The number of benzene rings is 6. The second-order valence-corrected chi connectivity index (χ2v) is 12.7. The molecule has 0 spiro atoms. The average Bonchev–Trinajstić information content (AvgIpc) is 2.94. The van der Waals surface area contributed by atoms with Gasteiger partial charge in [0.1, 0.15) is 0 Å². The zero-order valence-electron chi connectivity index (χ0n) is 22.8. The van der Waals surface area contributed by atoms with Crippen LogP contribution in [0.15, 0.2) is 115 Å². The van der Waals surface area contributed by atoms with E-state index in [-0.39, 0.29) is 0 Å². The van der Waals surface area contributed by atoms with Crippen LogP contribution in [0, 0.1) is 17.3 Å². The normalized spacial score (nSPS) is 21.7. The van der Waals surface area contributed by atoms with E-state index in [4.69, 9.17) is 0 Å². The van der Waals surface area contributed by atoms with Gasteiger partial charge in [0.25, 0.3) is 0 Å². The van der Waals surface area contributed by atoms with E-state index in [2.05, 4.69) is 129 Å². The first-order valence-electron chi connectivity index (χ1n) is 14.6. The monoisotopic (exact) mass is 502 g/mol. The lowest BCUT2D eigenvalue weighted by molar-refractivity contribution is -0.0283. The predicted octanol–water partition coefficient (Wildman–Crippen LogP) is 11.0. The van der Waals surface area contributed by atoms with Crippen molar-refractivity contribution in [2.45, 2.75) is 39.0 Å². The summed E-state index contributed by atoms with van der Waals surface area (Å²) < 4.78 is 0. The Balaban J connectivity index is 1.34. The molecule has 9 rings (SSSR count). The molecular weight excluding hydrogens is 468 g/mol. The summed E-state index contributed by atoms with van der Waals surface area (Å²) in [5.74, 6) is 2.53. The van der Waals surface area contributed by atoms with Gasteiger partial charge < -0.3 is 0 Å². The zero-order chi connectivity index (χ0) is 26.1. The van der Waals surface area contributed by atoms with E-state index in [0.717, 1.165) is 11.8 Å². The molecule has 0 heterocycles. The molecule has 1 atom stereocenters. The van der Waals surface area contributed by atoms with Crippen molar-refractivity contribution in [2.75, 3.05) is 0 Å². The minimum Gasteiger partial charge on any atom is -0.0616 e. The standard InChI is InChI=1S/C39H34/c1-39(2)24-36(28-22-29(39)23-28)26-18-20-27(21-19-26)37-32-13-5-7-15-34(32)38(35-16-8-6-14-33(35)37)31-17-9-11-25-10-3-4-12-30(25)31/h3-21,28-29,36H,22-24H2,1-2H3. The molecular formula is C39H34. The summed E-state index contributed by atoms with van der Waals surface area (Å²) >= 11 is 0. The molecule has 190 valence electrons. The molecule has 3 fully saturated rings. The summed E-state index contributed by atoms with van der Waals surface area (Å²) in [4.78, 5) is 0. The van der Waals surface area contributed by atoms with Crippen LogP contribution >= 0.6 is 0 Å². The summed E-state index contributed by atoms with van der Waals surface area (Å²) in [6, 6.07) is 43.2. The Bertz CT molecular complexity index is 1800. The first kappa shape index (κ1) is 23.0. The van der Waals surface area contributed by atoms with Crippen molar-refractivity contribution >= 4 is 32.3 Å². The zero-order valence-corrected chi connectivity index (χ0v) is 22.8. The van der Waals surface area contributed by atoms with Crippen molar-refractivity contribution in [1.29, 1.82) is 0 Å². The third-order valence-electron chi connectivity index (χ3n) is 10.2. The third-order valence-corrected chi connectivity index (χ3v) is 10.2. The van der Waals surface area contributed by atoms with Crippen LogP contribution in [0.25, 0.3) is 54.6 Å². The van der Waals surface area contributed by atoms with Crippen LogP contribution in [0.4, 0.5) is 0 Å². The Kier molecular flexibility index (Phi) is 5.05. The molecule has 3 aliphatic rings. The van der Waals surface area contributed by atoms with E-state index in [0.29, 0.717) is 11.3 Å². The minimum absolute atomic E-state index is 0.474. The molecule has 0 aromatic heterocycles. The molecule has 6 aromatic carbocycles. The van der Waals surface area contributed by atoms with Crippen LogP contribution < -0.4 is 0 Å². The van der Waals surface area contributed by atoms with E-state index < -0.39 is 0 Å². The van der Waals surface area contributed by atoms with E-state index in [1.165, 1.54) is 79.4 Å². The largest absolute Gasteiger partial charge is 0.0616 e. The average molecular weight is 503 g/mol. The quantitative estimate of drug-likeness (QED) is 0.211. The second-order valence-electron chi connectivity index (χ2n) is 12.7. The Morgan fingerprint density at radius 1 is 0.538 bits per heavy atom. The van der Waals surface area contributed by atoms with Gasteiger partial charge in [-0.2, -0.15) is 0 Å². The molecule has 0 aliphatic heterocycles. The molecule has 2 bridgehead atoms. The molecule has 39 heavy (non-hydrogen) atoms. The fraction of sp³-hybridized carbons (Fsp3) is 0.231. The van der Waals surface area contributed by atoms with Crippen LogP contribution in [0.5, 0.6) is 0 Å². The molecule has 1 unspecified atom stereocenters. The molecule has 0 saturated heterocycles. The summed E-state index contributed by atoms with van der Waals surface area (Å²) in [7, 11) is 0. The highest BCUT2D eigenvalue weighted by Gasteiger charge is 2.50. The Hall–Kier alpha value is -3.90. The lowest BCUT2D eigenvalue weighted by atomic mass is 9.49. The first-order chi connectivity index (χ1) is 19.1. The van der Waals surface area contributed by atoms with Crippen molar-refractivity contribution < 1.29 is 0 Å². The highest BCUT2D eigenvalue weighted by molar-refractivity contribution is 6.23. The van der Waals surface area contributed by atoms with Gasteiger partial charge in [0.05, 0.1) is 0 Å². The van der Waals surface area contributed by atoms with Crippen molar-refractivity contribution in [2.24, 2.45) is 17.3 Å². The van der Waals surface area contributed by atoms with E-state index in [1.54, 1.807) is 0 Å². The number of hydrogen-bond donors (Lipinski definition) is 0. The highest BCUT2D eigenvalue weighted by Crippen LogP contribution is 2.61. The Labute approximate surface area is 231 Å². The summed E-state index contributed by atoms with van der Waals surface area (Å²) in [6.07, 6.45) is 4.17. The lowest BCUT2D eigenvalue weighted by Gasteiger charge is -2.56. The molecule has 3 aliphatic carbocycles. The molecule has 0 radical (unpaired) electrons. The first-order valence-corrected chi connectivity index (χ1v) is 14.6. The van der Waals surface area contributed by atoms with Gasteiger partial charge in [-0.1, -0.05) is 129 Å². The maximum absolute atomic E-state index is 2.49. The van der Waals surface area contributed by atoms with Gasteiger partial charge >= 0.3 is 0 Å². The maximum Gasteiger partial charge on any atom is -0.00201 e. The van der Waals surface area contributed by atoms with E-state index in [9.17, 15) is 0 Å². The van der Waals surface area contributed by atoms with Crippen LogP contribution in [-0.4, -0.2) is 0 Å². The Morgan fingerprint density at radius 3 is 1.69 bits per heavy atom. The second kappa shape index (κ2) is 8.55. The van der Waals surface area contributed by atoms with E-state index in [1.807, 2.05) is 0 Å². The molecule has 3 saturated carbocycles. The molecule has 0 N–H and O–H groups in total. The summed E-state index contributed by atoms with van der Waals surface area (Å²) in [5.41, 5.74) is 7.32. The van der Waals surface area contributed by atoms with Crippen LogP contribution in [-0.2, 0) is 0 Å². The highest BCUT2D eigenvalue weighted by atomic mass is 14.5. The fourth-order valence-corrected chi connectivity index (χ4v) is 7.99. The SMILES string of the molecule is CC1(C)CC(c2ccc(-c3c4ccccc4c(-c4cccc5ccccc45)c4ccccc34)cc2)C2CC1C2. The fourth-order valence-electron chi connectivity index (χ4n) is 7.99. The maximum atomic E-state index is 2.49. The van der Waals surface area contributed by atoms with E-state index >= 15 is 0 Å².